The molecule has 0 fully saturated rings. The quantitative estimate of drug-likeness (QED) is 0.637. The summed E-state index contributed by atoms with van der Waals surface area (Å²) < 4.78 is 0. The minimum Gasteiger partial charge on any atom is -0.347 e. The van der Waals surface area contributed by atoms with E-state index in [1.807, 2.05) is 11.3 Å². The number of aryl methyl sites for hydroxylation is 1. The zero-order chi connectivity index (χ0) is 15.7. The maximum atomic E-state index is 4.89. The highest BCUT2D eigenvalue weighted by atomic mass is 32.1. The van der Waals surface area contributed by atoms with Gasteiger partial charge in [0.15, 0.2) is 5.13 Å². The van der Waals surface area contributed by atoms with Crippen LogP contribution in [0.2, 0.25) is 0 Å². The Morgan fingerprint density at radius 2 is 1.81 bits per heavy atom. The zero-order valence-electron chi connectivity index (χ0n) is 14.4. The summed E-state index contributed by atoms with van der Waals surface area (Å²) in [5.41, 5.74) is 1.27. The third kappa shape index (κ3) is 6.32. The molecule has 0 spiro atoms. The predicted molar refractivity (Wildman–Crippen MR) is 94.5 cm³/mol. The molecule has 0 aliphatic heterocycles. The molecule has 122 valence electrons. The van der Waals surface area contributed by atoms with E-state index in [0.29, 0.717) is 0 Å². The zero-order valence-corrected chi connectivity index (χ0v) is 15.2. The van der Waals surface area contributed by atoms with E-state index in [4.69, 9.17) is 4.98 Å². The summed E-state index contributed by atoms with van der Waals surface area (Å²) >= 11 is 1.87. The Kier molecular flexibility index (Phi) is 8.88. The summed E-state index contributed by atoms with van der Waals surface area (Å²) in [5.74, 6) is 0. The third-order valence-electron chi connectivity index (χ3n) is 3.40. The highest BCUT2D eigenvalue weighted by molar-refractivity contribution is 7.15. The smallest absolute Gasteiger partial charge is 0.185 e. The van der Waals surface area contributed by atoms with Crippen LogP contribution in [0.15, 0.2) is 0 Å². The van der Waals surface area contributed by atoms with Crippen LogP contribution in [0.5, 0.6) is 0 Å². The van der Waals surface area contributed by atoms with Crippen LogP contribution in [-0.4, -0.2) is 50.2 Å². The van der Waals surface area contributed by atoms with E-state index in [-0.39, 0.29) is 0 Å². The molecule has 1 aromatic rings. The highest BCUT2D eigenvalue weighted by Crippen LogP contribution is 2.27. The Labute approximate surface area is 134 Å². The van der Waals surface area contributed by atoms with Gasteiger partial charge in [-0.2, -0.15) is 0 Å². The minimum absolute atomic E-state index is 0.961. The van der Waals surface area contributed by atoms with Crippen molar-refractivity contribution in [2.75, 3.05) is 45.2 Å². The second-order valence-corrected chi connectivity index (χ2v) is 6.75. The molecule has 5 heteroatoms. The number of rotatable bonds is 11. The standard InChI is InChI=1S/C16H32N4S/c1-6-9-17-13-15-14(8-3)18-16(21-15)20(10-7-2)12-11-19(4)5/h17H,6-13H2,1-5H3. The summed E-state index contributed by atoms with van der Waals surface area (Å²) in [6, 6.07) is 0. The number of thiazole rings is 1. The van der Waals surface area contributed by atoms with Gasteiger partial charge in [-0.3, -0.25) is 0 Å². The monoisotopic (exact) mass is 312 g/mol. The molecule has 1 rings (SSSR count). The number of likely N-dealkylation sites (N-methyl/N-ethyl adjacent to an activating group) is 1. The van der Waals surface area contributed by atoms with Crippen LogP contribution in [0.3, 0.4) is 0 Å². The topological polar surface area (TPSA) is 31.4 Å². The van der Waals surface area contributed by atoms with E-state index in [1.54, 1.807) is 0 Å². The molecule has 0 atom stereocenters. The summed E-state index contributed by atoms with van der Waals surface area (Å²) in [6.07, 6.45) is 3.36. The van der Waals surface area contributed by atoms with Crippen LogP contribution in [-0.2, 0) is 13.0 Å². The summed E-state index contributed by atoms with van der Waals surface area (Å²) in [4.78, 5) is 11.0. The van der Waals surface area contributed by atoms with Gasteiger partial charge in [0, 0.05) is 31.1 Å². The average Bonchev–Trinajstić information content (AvgIpc) is 2.86. The second kappa shape index (κ2) is 10.1. The van der Waals surface area contributed by atoms with Crippen molar-refractivity contribution in [1.29, 1.82) is 0 Å². The minimum atomic E-state index is 0.961. The van der Waals surface area contributed by atoms with Gasteiger partial charge in [0.1, 0.15) is 0 Å². The molecule has 1 aromatic heterocycles. The van der Waals surface area contributed by atoms with Gasteiger partial charge in [-0.15, -0.1) is 11.3 Å². The van der Waals surface area contributed by atoms with Crippen LogP contribution in [0.4, 0.5) is 5.13 Å². The SMILES string of the molecule is CCCNCc1sc(N(CCC)CCN(C)C)nc1CC. The summed E-state index contributed by atoms with van der Waals surface area (Å²) in [7, 11) is 4.26. The van der Waals surface area contributed by atoms with Crippen molar-refractivity contribution in [3.63, 3.8) is 0 Å². The molecular weight excluding hydrogens is 280 g/mol. The molecular formula is C16H32N4S. The van der Waals surface area contributed by atoms with Crippen LogP contribution >= 0.6 is 11.3 Å². The van der Waals surface area contributed by atoms with Crippen molar-refractivity contribution < 1.29 is 0 Å². The molecule has 0 saturated carbocycles. The molecule has 0 bridgehead atoms. The van der Waals surface area contributed by atoms with Crippen LogP contribution in [0.1, 0.15) is 44.2 Å². The summed E-state index contributed by atoms with van der Waals surface area (Å²) in [5, 5.41) is 4.70. The number of hydrogen-bond donors (Lipinski definition) is 1. The third-order valence-corrected chi connectivity index (χ3v) is 4.55. The number of hydrogen-bond acceptors (Lipinski definition) is 5. The Bertz CT molecular complexity index is 390. The highest BCUT2D eigenvalue weighted by Gasteiger charge is 2.15. The van der Waals surface area contributed by atoms with Crippen molar-refractivity contribution >= 4 is 16.5 Å². The number of aromatic nitrogens is 1. The van der Waals surface area contributed by atoms with Gasteiger partial charge < -0.3 is 15.1 Å². The van der Waals surface area contributed by atoms with Crippen LogP contribution in [0, 0.1) is 0 Å². The fraction of sp³-hybridized carbons (Fsp3) is 0.812. The van der Waals surface area contributed by atoms with Crippen molar-refractivity contribution in [2.24, 2.45) is 0 Å². The lowest BCUT2D eigenvalue weighted by molar-refractivity contribution is 0.413. The first-order chi connectivity index (χ1) is 10.1. The fourth-order valence-electron chi connectivity index (χ4n) is 2.19. The van der Waals surface area contributed by atoms with Crippen LogP contribution in [0.25, 0.3) is 0 Å². The molecule has 0 saturated heterocycles. The Morgan fingerprint density at radius 1 is 1.05 bits per heavy atom. The molecule has 0 aliphatic rings. The molecule has 1 heterocycles. The Morgan fingerprint density at radius 3 is 2.38 bits per heavy atom. The van der Waals surface area contributed by atoms with E-state index in [9.17, 15) is 0 Å². The van der Waals surface area contributed by atoms with Crippen molar-refractivity contribution in [2.45, 2.75) is 46.6 Å². The fourth-order valence-corrected chi connectivity index (χ4v) is 3.36. The van der Waals surface area contributed by atoms with Gasteiger partial charge >= 0.3 is 0 Å². The molecule has 0 aliphatic carbocycles. The lowest BCUT2D eigenvalue weighted by atomic mass is 10.3. The lowest BCUT2D eigenvalue weighted by Crippen LogP contribution is -2.32. The van der Waals surface area contributed by atoms with Gasteiger partial charge in [-0.1, -0.05) is 20.8 Å². The molecule has 21 heavy (non-hydrogen) atoms. The lowest BCUT2D eigenvalue weighted by Gasteiger charge is -2.23. The molecule has 1 N–H and O–H groups in total. The predicted octanol–water partition coefficient (Wildman–Crippen LogP) is 2.98. The number of anilines is 1. The second-order valence-electron chi connectivity index (χ2n) is 5.69. The molecule has 4 nitrogen and oxygen atoms in total. The van der Waals surface area contributed by atoms with Crippen LogP contribution < -0.4 is 10.2 Å². The first-order valence-corrected chi connectivity index (χ1v) is 9.02. The van der Waals surface area contributed by atoms with Crippen molar-refractivity contribution in [3.05, 3.63) is 10.6 Å². The largest absolute Gasteiger partial charge is 0.347 e. The van der Waals surface area contributed by atoms with E-state index < -0.39 is 0 Å². The summed E-state index contributed by atoms with van der Waals surface area (Å²) in [6.45, 7) is 11.9. The van der Waals surface area contributed by atoms with Gasteiger partial charge in [-0.25, -0.2) is 4.98 Å². The first kappa shape index (κ1) is 18.4. The maximum absolute atomic E-state index is 4.89. The van der Waals surface area contributed by atoms with Gasteiger partial charge in [0.05, 0.1) is 5.69 Å². The number of nitrogens with zero attached hydrogens (tertiary/aromatic N) is 3. The average molecular weight is 313 g/mol. The normalized spacial score (nSPS) is 11.3. The first-order valence-electron chi connectivity index (χ1n) is 8.21. The Balaban J connectivity index is 2.77. The van der Waals surface area contributed by atoms with E-state index in [1.165, 1.54) is 22.1 Å². The van der Waals surface area contributed by atoms with E-state index in [0.717, 1.165) is 45.6 Å². The van der Waals surface area contributed by atoms with E-state index in [2.05, 4.69) is 50.0 Å². The van der Waals surface area contributed by atoms with Crippen molar-refractivity contribution in [1.82, 2.24) is 15.2 Å². The maximum Gasteiger partial charge on any atom is 0.185 e. The van der Waals surface area contributed by atoms with Gasteiger partial charge in [0.25, 0.3) is 0 Å². The molecule has 0 aromatic carbocycles. The van der Waals surface area contributed by atoms with Crippen molar-refractivity contribution in [3.8, 4) is 0 Å². The number of nitrogens with one attached hydrogen (secondary N) is 1. The van der Waals surface area contributed by atoms with Gasteiger partial charge in [-0.05, 0) is 39.9 Å². The Hall–Kier alpha value is -0.650. The molecule has 0 amide bonds. The molecule has 0 radical (unpaired) electrons. The van der Waals surface area contributed by atoms with E-state index >= 15 is 0 Å². The molecule has 0 unspecified atom stereocenters. The van der Waals surface area contributed by atoms with Gasteiger partial charge in [0.2, 0.25) is 0 Å².